The summed E-state index contributed by atoms with van der Waals surface area (Å²) in [5.74, 6) is -2.29. The van der Waals surface area contributed by atoms with E-state index >= 15 is 0 Å². The Balaban J connectivity index is 2.38. The van der Waals surface area contributed by atoms with Gasteiger partial charge in [-0.15, -0.1) is 11.8 Å². The maximum Gasteiger partial charge on any atom is 0.262 e. The van der Waals surface area contributed by atoms with Crippen molar-refractivity contribution in [3.8, 4) is 0 Å². The molecule has 0 saturated carbocycles. The number of hydrogen-bond donors (Lipinski definition) is 1. The minimum atomic E-state index is -3.96. The second-order valence-corrected chi connectivity index (χ2v) is 6.41. The number of thioether (sulfide) groups is 1. The predicted molar refractivity (Wildman–Crippen MR) is 75.4 cm³/mol. The van der Waals surface area contributed by atoms with Gasteiger partial charge in [0.2, 0.25) is 0 Å². The molecule has 0 aliphatic carbocycles. The number of hydrogen-bond acceptors (Lipinski definition) is 3. The highest BCUT2D eigenvalue weighted by atomic mass is 32.2. The van der Waals surface area contributed by atoms with Gasteiger partial charge in [-0.2, -0.15) is 0 Å². The minimum absolute atomic E-state index is 0.327. The van der Waals surface area contributed by atoms with Gasteiger partial charge in [0.1, 0.15) is 0 Å². The Hall–Kier alpha value is -1.60. The maximum absolute atomic E-state index is 13.1. The van der Waals surface area contributed by atoms with Gasteiger partial charge in [-0.05, 0) is 36.6 Å². The van der Waals surface area contributed by atoms with Crippen LogP contribution in [0, 0.1) is 11.6 Å². The van der Waals surface area contributed by atoms with Gasteiger partial charge in [0.05, 0.1) is 10.6 Å². The molecule has 20 heavy (non-hydrogen) atoms. The largest absolute Gasteiger partial charge is 0.278 e. The van der Waals surface area contributed by atoms with Gasteiger partial charge in [0.25, 0.3) is 10.0 Å². The Bertz CT molecular complexity index is 733. The van der Waals surface area contributed by atoms with Crippen molar-refractivity contribution in [2.75, 3.05) is 11.0 Å². The van der Waals surface area contributed by atoms with E-state index in [4.69, 9.17) is 0 Å². The lowest BCUT2D eigenvalue weighted by atomic mass is 10.3. The Labute approximate surface area is 120 Å². The van der Waals surface area contributed by atoms with Gasteiger partial charge in [-0.25, -0.2) is 17.2 Å². The van der Waals surface area contributed by atoms with Crippen LogP contribution < -0.4 is 4.72 Å². The summed E-state index contributed by atoms with van der Waals surface area (Å²) in [4.78, 5) is 0.408. The van der Waals surface area contributed by atoms with Crippen LogP contribution in [0.2, 0.25) is 0 Å². The smallest absolute Gasteiger partial charge is 0.262 e. The van der Waals surface area contributed by atoms with Crippen LogP contribution in [0.1, 0.15) is 0 Å². The van der Waals surface area contributed by atoms with Crippen molar-refractivity contribution in [3.05, 3.63) is 54.1 Å². The summed E-state index contributed by atoms with van der Waals surface area (Å²) in [6, 6.07) is 9.27. The van der Waals surface area contributed by atoms with E-state index in [1.165, 1.54) is 11.8 Å². The van der Waals surface area contributed by atoms with E-state index < -0.39 is 21.7 Å². The second-order valence-electron chi connectivity index (χ2n) is 3.88. The summed E-state index contributed by atoms with van der Waals surface area (Å²) in [6.07, 6.45) is 1.81. The number of nitrogens with one attached hydrogen (secondary N) is 1. The van der Waals surface area contributed by atoms with E-state index in [-0.39, 0.29) is 4.90 Å². The number of benzene rings is 2. The lowest BCUT2D eigenvalue weighted by Gasteiger charge is -2.11. The third-order valence-corrected chi connectivity index (χ3v) is 4.71. The molecule has 0 aliphatic rings. The number of para-hydroxylation sites is 1. The third kappa shape index (κ3) is 3.10. The fraction of sp³-hybridized carbons (Fsp3) is 0.0769. The highest BCUT2D eigenvalue weighted by Crippen LogP contribution is 2.27. The highest BCUT2D eigenvalue weighted by molar-refractivity contribution is 7.99. The maximum atomic E-state index is 13.1. The number of rotatable bonds is 4. The van der Waals surface area contributed by atoms with Crippen LogP contribution in [-0.4, -0.2) is 14.7 Å². The molecule has 2 aromatic rings. The third-order valence-electron chi connectivity index (χ3n) is 2.55. The zero-order chi connectivity index (χ0) is 14.8. The molecule has 0 saturated heterocycles. The normalized spacial score (nSPS) is 11.3. The second kappa shape index (κ2) is 5.80. The molecule has 0 radical (unpaired) electrons. The summed E-state index contributed by atoms with van der Waals surface area (Å²) in [5.41, 5.74) is 0.393. The van der Waals surface area contributed by atoms with Gasteiger partial charge in [-0.1, -0.05) is 12.1 Å². The molecule has 3 nitrogen and oxygen atoms in total. The Kier molecular flexibility index (Phi) is 4.29. The minimum Gasteiger partial charge on any atom is -0.278 e. The van der Waals surface area contributed by atoms with Crippen molar-refractivity contribution in [2.45, 2.75) is 9.79 Å². The molecule has 0 spiro atoms. The van der Waals surface area contributed by atoms with E-state index in [2.05, 4.69) is 4.72 Å². The molecule has 2 aromatic carbocycles. The van der Waals surface area contributed by atoms with Crippen LogP contribution in [-0.2, 0) is 10.0 Å². The molecule has 0 amide bonds. The van der Waals surface area contributed by atoms with Gasteiger partial charge in [-0.3, -0.25) is 4.72 Å². The average molecular weight is 315 g/mol. The summed E-state index contributed by atoms with van der Waals surface area (Å²) in [6.45, 7) is 0. The fourth-order valence-corrected chi connectivity index (χ4v) is 3.29. The van der Waals surface area contributed by atoms with Crippen LogP contribution in [0.3, 0.4) is 0 Å². The molecule has 0 aromatic heterocycles. The van der Waals surface area contributed by atoms with E-state index in [1.807, 2.05) is 6.26 Å². The van der Waals surface area contributed by atoms with Gasteiger partial charge < -0.3 is 0 Å². The van der Waals surface area contributed by atoms with E-state index in [9.17, 15) is 17.2 Å². The van der Waals surface area contributed by atoms with E-state index in [1.54, 1.807) is 24.3 Å². The summed E-state index contributed by atoms with van der Waals surface area (Å²) >= 11 is 1.38. The molecule has 0 unspecified atom stereocenters. The number of anilines is 1. The van der Waals surface area contributed by atoms with Crippen molar-refractivity contribution in [3.63, 3.8) is 0 Å². The average Bonchev–Trinajstić information content (AvgIpc) is 2.42. The van der Waals surface area contributed by atoms with Crippen LogP contribution in [0.25, 0.3) is 0 Å². The first-order valence-corrected chi connectivity index (χ1v) is 8.26. The molecule has 7 heteroatoms. The zero-order valence-electron chi connectivity index (χ0n) is 10.4. The Morgan fingerprint density at radius 3 is 2.40 bits per heavy atom. The van der Waals surface area contributed by atoms with Crippen molar-refractivity contribution >= 4 is 27.5 Å². The fourth-order valence-electron chi connectivity index (χ4n) is 1.58. The first-order chi connectivity index (χ1) is 9.44. The molecule has 0 fully saturated rings. The predicted octanol–water partition coefficient (Wildman–Crippen LogP) is 3.49. The monoisotopic (exact) mass is 315 g/mol. The van der Waals surface area contributed by atoms with E-state index in [0.29, 0.717) is 11.8 Å². The SMILES string of the molecule is CSc1ccccc1NS(=O)(=O)c1ccc(F)c(F)c1. The molecule has 1 N–H and O–H groups in total. The molecule has 0 heterocycles. The van der Waals surface area contributed by atoms with Crippen LogP contribution in [0.5, 0.6) is 0 Å². The van der Waals surface area contributed by atoms with Crippen LogP contribution in [0.4, 0.5) is 14.5 Å². The molecule has 2 rings (SSSR count). The molecular formula is C13H11F2NO2S2. The van der Waals surface area contributed by atoms with Crippen molar-refractivity contribution in [1.82, 2.24) is 0 Å². The quantitative estimate of drug-likeness (QED) is 0.879. The summed E-state index contributed by atoms with van der Waals surface area (Å²) in [5, 5.41) is 0. The van der Waals surface area contributed by atoms with Gasteiger partial charge >= 0.3 is 0 Å². The number of sulfonamides is 1. The summed E-state index contributed by atoms with van der Waals surface area (Å²) in [7, 11) is -3.96. The van der Waals surface area contributed by atoms with Crippen LogP contribution in [0.15, 0.2) is 52.3 Å². The lowest BCUT2D eigenvalue weighted by Crippen LogP contribution is -2.14. The molecule has 106 valence electrons. The van der Waals surface area contributed by atoms with Crippen molar-refractivity contribution in [1.29, 1.82) is 0 Å². The summed E-state index contributed by atoms with van der Waals surface area (Å²) < 4.78 is 52.6. The molecule has 0 aliphatic heterocycles. The van der Waals surface area contributed by atoms with Crippen LogP contribution >= 0.6 is 11.8 Å². The highest BCUT2D eigenvalue weighted by Gasteiger charge is 2.17. The van der Waals surface area contributed by atoms with Crippen molar-refractivity contribution in [2.24, 2.45) is 0 Å². The lowest BCUT2D eigenvalue weighted by molar-refractivity contribution is 0.504. The molecule has 0 atom stereocenters. The topological polar surface area (TPSA) is 46.2 Å². The Morgan fingerprint density at radius 2 is 1.75 bits per heavy atom. The van der Waals surface area contributed by atoms with E-state index in [0.717, 1.165) is 17.0 Å². The van der Waals surface area contributed by atoms with Gasteiger partial charge in [0.15, 0.2) is 11.6 Å². The first kappa shape index (κ1) is 14.8. The van der Waals surface area contributed by atoms with Gasteiger partial charge in [0, 0.05) is 4.90 Å². The standard InChI is InChI=1S/C13H11F2NO2S2/c1-19-13-5-3-2-4-12(13)16-20(17,18)9-6-7-10(14)11(15)8-9/h2-8,16H,1H3. The molecular weight excluding hydrogens is 304 g/mol. The molecule has 0 bridgehead atoms. The number of halogens is 2. The Morgan fingerprint density at radius 1 is 1.05 bits per heavy atom. The zero-order valence-corrected chi connectivity index (χ0v) is 12.1. The first-order valence-electron chi connectivity index (χ1n) is 5.55. The van der Waals surface area contributed by atoms with Crippen molar-refractivity contribution < 1.29 is 17.2 Å².